The van der Waals surface area contributed by atoms with Crippen LogP contribution >= 0.6 is 11.5 Å². The first-order valence-electron chi connectivity index (χ1n) is 11.0. The number of ether oxygens (including phenoxy) is 3. The molecule has 0 saturated heterocycles. The highest BCUT2D eigenvalue weighted by molar-refractivity contribution is 7.86. The van der Waals surface area contributed by atoms with Gasteiger partial charge in [-0.2, -0.15) is 17.5 Å². The van der Waals surface area contributed by atoms with Crippen molar-refractivity contribution >= 4 is 27.6 Å². The highest BCUT2D eigenvalue weighted by Crippen LogP contribution is 2.36. The van der Waals surface area contributed by atoms with Crippen LogP contribution in [0.4, 0.5) is 27.1 Å². The average molecular weight is 586 g/mol. The van der Waals surface area contributed by atoms with Crippen LogP contribution in [0.15, 0.2) is 59.8 Å². The number of anilines is 1. The van der Waals surface area contributed by atoms with Crippen LogP contribution in [0, 0.1) is 18.6 Å². The van der Waals surface area contributed by atoms with E-state index in [1.165, 1.54) is 37.8 Å². The largest absolute Gasteiger partial charge is 0.497 e. The quantitative estimate of drug-likeness (QED) is 0.204. The van der Waals surface area contributed by atoms with E-state index >= 15 is 8.78 Å². The minimum Gasteiger partial charge on any atom is -0.497 e. The van der Waals surface area contributed by atoms with Gasteiger partial charge in [-0.05, 0) is 48.9 Å². The Morgan fingerprint density at radius 3 is 2.36 bits per heavy atom. The van der Waals surface area contributed by atoms with Gasteiger partial charge in [0.15, 0.2) is 22.6 Å². The predicted molar refractivity (Wildman–Crippen MR) is 135 cm³/mol. The molecule has 0 radical (unpaired) electrons. The van der Waals surface area contributed by atoms with E-state index < -0.39 is 45.0 Å². The highest BCUT2D eigenvalue weighted by Gasteiger charge is 2.31. The standard InChI is InChI=1S/C25H20F5N3O4S2/c1-14-6-16(25(28,29)30)8-18(7-14)37-22-10-20(27)23(11-19(22)26)39(34)33(24-31-13-32-38-24)12-15-4-5-17(35-2)9-21(15)36-3/h4-11,13H,12H2,1-3H3. The normalized spacial score (nSPS) is 12.2. The van der Waals surface area contributed by atoms with Gasteiger partial charge in [0.05, 0.1) is 31.2 Å². The Balaban J connectivity index is 1.67. The Kier molecular flexibility index (Phi) is 8.35. The molecule has 0 amide bonds. The number of benzene rings is 3. The van der Waals surface area contributed by atoms with Gasteiger partial charge in [0.2, 0.25) is 5.13 Å². The van der Waals surface area contributed by atoms with E-state index in [4.69, 9.17) is 14.2 Å². The van der Waals surface area contributed by atoms with Crippen LogP contribution in [0.1, 0.15) is 16.7 Å². The Labute approximate surface area is 226 Å². The van der Waals surface area contributed by atoms with E-state index in [9.17, 15) is 17.4 Å². The Hall–Kier alpha value is -3.78. The number of aryl methyl sites for hydroxylation is 1. The molecule has 14 heteroatoms. The lowest BCUT2D eigenvalue weighted by molar-refractivity contribution is -0.137. The van der Waals surface area contributed by atoms with Crippen LogP contribution in [-0.4, -0.2) is 27.8 Å². The van der Waals surface area contributed by atoms with Gasteiger partial charge in [0.25, 0.3) is 0 Å². The number of rotatable bonds is 9. The van der Waals surface area contributed by atoms with Gasteiger partial charge < -0.3 is 14.2 Å². The third-order valence-corrected chi connectivity index (χ3v) is 7.55. The smallest absolute Gasteiger partial charge is 0.416 e. The summed E-state index contributed by atoms with van der Waals surface area (Å²) in [5.41, 5.74) is -0.250. The molecular formula is C25H20F5N3O4S2. The van der Waals surface area contributed by atoms with Gasteiger partial charge in [0, 0.05) is 29.2 Å². The summed E-state index contributed by atoms with van der Waals surface area (Å²) in [7, 11) is 0.588. The second-order valence-electron chi connectivity index (χ2n) is 8.04. The Bertz CT molecular complexity index is 1500. The zero-order valence-electron chi connectivity index (χ0n) is 20.6. The first kappa shape index (κ1) is 28.2. The SMILES string of the molecule is COc1ccc(CN(c2ncns2)S(=O)c2cc(F)c(Oc3cc(C)cc(C(F)(F)F)c3)cc2F)c(OC)c1. The molecule has 206 valence electrons. The fraction of sp³-hybridized carbons (Fsp3) is 0.200. The summed E-state index contributed by atoms with van der Waals surface area (Å²) < 4.78 is 104. The first-order chi connectivity index (χ1) is 18.5. The van der Waals surface area contributed by atoms with Crippen molar-refractivity contribution in [2.45, 2.75) is 24.5 Å². The average Bonchev–Trinajstić information content (AvgIpc) is 3.42. The monoisotopic (exact) mass is 585 g/mol. The lowest BCUT2D eigenvalue weighted by Gasteiger charge is -2.22. The summed E-state index contributed by atoms with van der Waals surface area (Å²) in [6.07, 6.45) is -3.43. The molecule has 0 aliphatic rings. The summed E-state index contributed by atoms with van der Waals surface area (Å²) in [4.78, 5) is 3.51. The Morgan fingerprint density at radius 1 is 0.949 bits per heavy atom. The lowest BCUT2D eigenvalue weighted by Crippen LogP contribution is -2.26. The maximum Gasteiger partial charge on any atom is 0.416 e. The molecule has 1 aromatic heterocycles. The zero-order valence-corrected chi connectivity index (χ0v) is 22.2. The highest BCUT2D eigenvalue weighted by atomic mass is 32.2. The maximum absolute atomic E-state index is 15.2. The van der Waals surface area contributed by atoms with Gasteiger partial charge >= 0.3 is 6.18 Å². The first-order valence-corrected chi connectivity index (χ1v) is 12.9. The molecule has 7 nitrogen and oxygen atoms in total. The lowest BCUT2D eigenvalue weighted by atomic mass is 10.1. The number of halogens is 5. The van der Waals surface area contributed by atoms with E-state index in [2.05, 4.69) is 9.36 Å². The van der Waals surface area contributed by atoms with E-state index in [1.807, 2.05) is 0 Å². The molecule has 0 aliphatic heterocycles. The van der Waals surface area contributed by atoms with Gasteiger partial charge in [-0.25, -0.2) is 18.0 Å². The molecule has 1 unspecified atom stereocenters. The van der Waals surface area contributed by atoms with Gasteiger partial charge in [-0.15, -0.1) is 0 Å². The predicted octanol–water partition coefficient (Wildman–Crippen LogP) is 6.68. The topological polar surface area (TPSA) is 73.8 Å². The van der Waals surface area contributed by atoms with Crippen molar-refractivity contribution in [3.05, 3.63) is 83.2 Å². The van der Waals surface area contributed by atoms with Crippen molar-refractivity contribution < 1.29 is 40.4 Å². The van der Waals surface area contributed by atoms with Crippen molar-refractivity contribution in [1.29, 1.82) is 0 Å². The fourth-order valence-corrected chi connectivity index (χ4v) is 5.40. The van der Waals surface area contributed by atoms with Crippen LogP contribution in [0.3, 0.4) is 0 Å². The maximum atomic E-state index is 15.2. The number of nitrogens with zero attached hydrogens (tertiary/aromatic N) is 3. The Morgan fingerprint density at radius 2 is 1.72 bits per heavy atom. The van der Waals surface area contributed by atoms with E-state index in [-0.39, 0.29) is 23.0 Å². The summed E-state index contributed by atoms with van der Waals surface area (Å²) in [5.74, 6) is -2.34. The van der Waals surface area contributed by atoms with E-state index in [1.54, 1.807) is 18.2 Å². The molecule has 4 rings (SSSR count). The second-order valence-corrected chi connectivity index (χ2v) is 10.2. The number of alkyl halides is 3. The second kappa shape index (κ2) is 11.5. The minimum atomic E-state index is -4.66. The van der Waals surface area contributed by atoms with Crippen molar-refractivity contribution in [3.63, 3.8) is 0 Å². The number of hydrogen-bond donors (Lipinski definition) is 0. The number of methoxy groups -OCH3 is 2. The van der Waals surface area contributed by atoms with Crippen LogP contribution in [0.25, 0.3) is 0 Å². The summed E-state index contributed by atoms with van der Waals surface area (Å²) in [5, 5.41) is 0.158. The molecule has 4 aromatic rings. The van der Waals surface area contributed by atoms with Crippen LogP contribution in [0.5, 0.6) is 23.0 Å². The van der Waals surface area contributed by atoms with Gasteiger partial charge in [0.1, 0.15) is 29.4 Å². The molecular weight excluding hydrogens is 565 g/mol. The molecule has 39 heavy (non-hydrogen) atoms. The number of hydrogen-bond acceptors (Lipinski definition) is 7. The van der Waals surface area contributed by atoms with Crippen LogP contribution in [0.2, 0.25) is 0 Å². The van der Waals surface area contributed by atoms with Crippen molar-refractivity contribution in [2.75, 3.05) is 18.5 Å². The molecule has 0 N–H and O–H groups in total. The van der Waals surface area contributed by atoms with E-state index in [0.29, 0.717) is 35.3 Å². The molecule has 0 fully saturated rings. The van der Waals surface area contributed by atoms with Gasteiger partial charge in [-0.3, -0.25) is 4.31 Å². The summed E-state index contributed by atoms with van der Waals surface area (Å²) in [6.45, 7) is 1.32. The molecule has 0 aliphatic carbocycles. The zero-order chi connectivity index (χ0) is 28.3. The molecule has 3 aromatic carbocycles. The van der Waals surface area contributed by atoms with E-state index in [0.717, 1.165) is 17.6 Å². The molecule has 0 saturated carbocycles. The molecule has 1 heterocycles. The van der Waals surface area contributed by atoms with Crippen molar-refractivity contribution in [3.8, 4) is 23.0 Å². The van der Waals surface area contributed by atoms with Crippen LogP contribution < -0.4 is 18.5 Å². The van der Waals surface area contributed by atoms with Crippen molar-refractivity contribution in [2.24, 2.45) is 0 Å². The van der Waals surface area contributed by atoms with Crippen molar-refractivity contribution in [1.82, 2.24) is 9.36 Å². The molecule has 0 spiro atoms. The third-order valence-electron chi connectivity index (χ3n) is 5.35. The number of aromatic nitrogens is 2. The minimum absolute atomic E-state index is 0.0855. The fourth-order valence-electron chi connectivity index (χ4n) is 3.55. The summed E-state index contributed by atoms with van der Waals surface area (Å²) in [6, 6.07) is 9.04. The molecule has 0 bridgehead atoms. The molecule has 1 atom stereocenters. The third kappa shape index (κ3) is 6.45. The summed E-state index contributed by atoms with van der Waals surface area (Å²) >= 11 is 0.887. The van der Waals surface area contributed by atoms with Crippen LogP contribution in [-0.2, 0) is 23.7 Å². The van der Waals surface area contributed by atoms with Gasteiger partial charge in [-0.1, -0.05) is 0 Å².